The second-order valence-electron chi connectivity index (χ2n) is 15.9. The maximum atomic E-state index is 14.0. The number of ether oxygens (including phenoxy) is 1. The second kappa shape index (κ2) is 21.0. The van der Waals surface area contributed by atoms with Crippen molar-refractivity contribution in [3.63, 3.8) is 0 Å². The number of aliphatic hydroxyl groups is 1. The van der Waals surface area contributed by atoms with Crippen molar-refractivity contribution >= 4 is 67.9 Å². The van der Waals surface area contributed by atoms with Gasteiger partial charge in [0, 0.05) is 47.8 Å². The van der Waals surface area contributed by atoms with Crippen molar-refractivity contribution in [2.24, 2.45) is 0 Å². The molecule has 3 aromatic rings. The lowest BCUT2D eigenvalue weighted by molar-refractivity contribution is -0.873. The number of aromatic nitrogens is 1. The molecule has 0 spiro atoms. The molecule has 15 nitrogen and oxygen atoms in total. The van der Waals surface area contributed by atoms with Crippen LogP contribution in [0.4, 0.5) is 26.3 Å². The van der Waals surface area contributed by atoms with E-state index in [1.54, 1.807) is 15.9 Å². The molecule has 1 atom stereocenters. The number of fused-ring (bicyclic) bond motifs is 1. The number of carbonyl (C=O) groups is 4. The summed E-state index contributed by atoms with van der Waals surface area (Å²) in [6, 6.07) is 10.4. The number of carboxylic acids is 2. The maximum Gasteiger partial charge on any atom is 0.490 e. The van der Waals surface area contributed by atoms with E-state index in [1.807, 2.05) is 53.2 Å². The summed E-state index contributed by atoms with van der Waals surface area (Å²) >= 11 is 13.3. The molecule has 350 valence electrons. The van der Waals surface area contributed by atoms with Crippen LogP contribution in [0.3, 0.4) is 0 Å². The van der Waals surface area contributed by atoms with E-state index >= 15 is 0 Å². The molecule has 0 bridgehead atoms. The van der Waals surface area contributed by atoms with Crippen LogP contribution in [0.25, 0.3) is 10.9 Å². The van der Waals surface area contributed by atoms with Crippen LogP contribution in [0, 0.1) is 13.8 Å². The Balaban J connectivity index is 0.000000650. The lowest BCUT2D eigenvalue weighted by Gasteiger charge is -2.40. The van der Waals surface area contributed by atoms with Gasteiger partial charge in [0.15, 0.2) is 0 Å². The number of pyridine rings is 1. The quantitative estimate of drug-likeness (QED) is 0.135. The number of carboxylic acid groups (broad SMARTS) is 2. The smallest absolute Gasteiger partial charge is 0.487 e. The van der Waals surface area contributed by atoms with Crippen molar-refractivity contribution in [2.75, 3.05) is 53.9 Å². The minimum atomic E-state index is -5.08. The number of aliphatic carboxylic acids is 2. The molecule has 2 amide bonds. The van der Waals surface area contributed by atoms with E-state index in [9.17, 15) is 49.5 Å². The third kappa shape index (κ3) is 14.8. The Morgan fingerprint density at radius 1 is 0.905 bits per heavy atom. The standard InChI is InChI=1S/C35H46Cl2N5O6S.2C2HF3O2/c1-23-19-24(2)38-33-26(23)9-8-10-29(33)48-22-27-28(36)11-12-30(32(27)37)49(46,47)39-35(13-6-7-14-35)34(45)41-17-15-40(16-18-41)31(44)20-25(43)21-42(3,4)5;2*3-2(4,5)1(6)7/h8-12,19,25,39,43H,6-7,13-18,20-22H2,1-5H3;2*(H,6,7)/q+1;;/t25-;;/m1../s1. The van der Waals surface area contributed by atoms with Gasteiger partial charge in [-0.3, -0.25) is 9.59 Å². The van der Waals surface area contributed by atoms with Crippen molar-refractivity contribution in [1.29, 1.82) is 0 Å². The fraction of sp³-hybridized carbons (Fsp3) is 0.513. The van der Waals surface area contributed by atoms with Crippen LogP contribution >= 0.6 is 23.2 Å². The lowest BCUT2D eigenvalue weighted by Crippen LogP contribution is -2.61. The van der Waals surface area contributed by atoms with E-state index in [0.717, 1.165) is 16.6 Å². The third-order valence-corrected chi connectivity index (χ3v) is 12.2. The number of likely N-dealkylation sites (N-methyl/N-ethyl adjacent to an activating group) is 1. The van der Waals surface area contributed by atoms with Gasteiger partial charge in [-0.15, -0.1) is 0 Å². The minimum Gasteiger partial charge on any atom is -0.487 e. The number of halogens is 8. The molecule has 63 heavy (non-hydrogen) atoms. The molecule has 0 radical (unpaired) electrons. The van der Waals surface area contributed by atoms with Crippen molar-refractivity contribution in [3.05, 3.63) is 63.3 Å². The highest BCUT2D eigenvalue weighted by Crippen LogP contribution is 2.37. The number of benzene rings is 2. The van der Waals surface area contributed by atoms with Crippen molar-refractivity contribution in [2.45, 2.75) is 81.4 Å². The normalized spacial score (nSPS) is 16.0. The molecule has 0 unspecified atom stereocenters. The molecule has 1 saturated heterocycles. The Morgan fingerprint density at radius 2 is 1.43 bits per heavy atom. The third-order valence-electron chi connectivity index (χ3n) is 9.72. The molecule has 1 aliphatic carbocycles. The molecule has 2 fully saturated rings. The molecule has 4 N–H and O–H groups in total. The van der Waals surface area contributed by atoms with Gasteiger partial charge in [0.1, 0.15) is 41.0 Å². The van der Waals surface area contributed by atoms with E-state index < -0.39 is 46.0 Å². The van der Waals surface area contributed by atoms with Crippen LogP contribution in [0.15, 0.2) is 41.3 Å². The van der Waals surface area contributed by atoms with Crippen LogP contribution < -0.4 is 9.46 Å². The molecule has 24 heteroatoms. The molecule has 1 aliphatic heterocycles. The van der Waals surface area contributed by atoms with Crippen molar-refractivity contribution < 1.29 is 78.5 Å². The molecule has 2 aliphatic rings. The number of carbonyl (C=O) groups excluding carboxylic acids is 2. The monoisotopic (exact) mass is 962 g/mol. The summed E-state index contributed by atoms with van der Waals surface area (Å²) in [6.07, 6.45) is -8.87. The first kappa shape index (κ1) is 52.9. The number of piperazine rings is 1. The Bertz CT molecular complexity index is 2240. The first-order chi connectivity index (χ1) is 28.9. The molecule has 2 aromatic carbocycles. The Morgan fingerprint density at radius 3 is 1.94 bits per heavy atom. The van der Waals surface area contributed by atoms with Crippen molar-refractivity contribution in [3.8, 4) is 5.75 Å². The van der Waals surface area contributed by atoms with Crippen LogP contribution in [0.1, 0.15) is 48.9 Å². The number of hydrogen-bond acceptors (Lipinski definition) is 9. The maximum absolute atomic E-state index is 14.0. The number of alkyl halides is 6. The van der Waals surface area contributed by atoms with E-state index in [4.69, 9.17) is 47.7 Å². The summed E-state index contributed by atoms with van der Waals surface area (Å²) in [7, 11) is 1.56. The molecular formula is C39H48Cl2F6N5O10S+. The summed E-state index contributed by atoms with van der Waals surface area (Å²) in [6.45, 7) is 5.40. The Kier molecular flexibility index (Phi) is 17.6. The number of sulfonamides is 1. The predicted octanol–water partition coefficient (Wildman–Crippen LogP) is 5.72. The fourth-order valence-electron chi connectivity index (χ4n) is 6.88. The zero-order chi connectivity index (χ0) is 47.9. The van der Waals surface area contributed by atoms with Crippen LogP contribution in [-0.4, -0.2) is 145 Å². The van der Waals surface area contributed by atoms with Crippen molar-refractivity contribution in [1.82, 2.24) is 19.5 Å². The highest BCUT2D eigenvalue weighted by molar-refractivity contribution is 7.89. The topological polar surface area (TPSA) is 204 Å². The van der Waals surface area contributed by atoms with Gasteiger partial charge in [0.2, 0.25) is 21.8 Å². The number of amides is 2. The summed E-state index contributed by atoms with van der Waals surface area (Å²) in [5.74, 6) is -5.47. The van der Waals surface area contributed by atoms with Gasteiger partial charge in [0.05, 0.1) is 32.6 Å². The molecule has 1 saturated carbocycles. The summed E-state index contributed by atoms with van der Waals surface area (Å²) in [5.41, 5.74) is 1.54. The van der Waals surface area contributed by atoms with Gasteiger partial charge in [-0.25, -0.2) is 23.0 Å². The van der Waals surface area contributed by atoms with Gasteiger partial charge in [-0.1, -0.05) is 48.2 Å². The molecule has 5 rings (SSSR count). The van der Waals surface area contributed by atoms with E-state index in [1.165, 1.54) is 12.1 Å². The van der Waals surface area contributed by atoms with Gasteiger partial charge in [0.25, 0.3) is 0 Å². The van der Waals surface area contributed by atoms with E-state index in [-0.39, 0.29) is 52.9 Å². The first-order valence-electron chi connectivity index (χ1n) is 19.0. The SMILES string of the molecule is Cc1cc(C)c2cccc(OCc3c(Cl)ccc(S(=O)(=O)NC4(C(=O)N5CCN(C(=O)C[C@@H](O)C[N+](C)(C)C)CC5)CCCC4)c3Cl)c2n1.O=C(O)C(F)(F)F.O=C(O)C(F)(F)F. The van der Waals surface area contributed by atoms with Crippen LogP contribution in [-0.2, 0) is 35.8 Å². The number of rotatable bonds is 11. The van der Waals surface area contributed by atoms with E-state index in [0.29, 0.717) is 66.6 Å². The van der Waals surface area contributed by atoms with Gasteiger partial charge in [-0.05, 0) is 56.5 Å². The zero-order valence-corrected chi connectivity index (χ0v) is 37.1. The summed E-state index contributed by atoms with van der Waals surface area (Å²) in [4.78, 5) is 52.4. The number of nitrogens with zero attached hydrogens (tertiary/aromatic N) is 4. The van der Waals surface area contributed by atoms with E-state index in [2.05, 4.69) is 9.71 Å². The number of quaternary nitrogens is 1. The summed E-state index contributed by atoms with van der Waals surface area (Å²) < 4.78 is 101. The first-order valence-corrected chi connectivity index (χ1v) is 21.3. The average Bonchev–Trinajstić information content (AvgIpc) is 3.62. The number of aryl methyl sites for hydroxylation is 2. The van der Waals surface area contributed by atoms with Gasteiger partial charge in [-0.2, -0.15) is 31.1 Å². The Hall–Kier alpha value is -4.48. The lowest BCUT2D eigenvalue weighted by atomic mass is 9.96. The van der Waals surface area contributed by atoms with Crippen LogP contribution in [0.5, 0.6) is 5.75 Å². The molecule has 1 aromatic heterocycles. The van der Waals surface area contributed by atoms with Gasteiger partial charge >= 0.3 is 24.3 Å². The zero-order valence-electron chi connectivity index (χ0n) is 34.7. The Labute approximate surface area is 369 Å². The molecule has 2 heterocycles. The number of aliphatic hydroxyl groups excluding tert-OH is 1. The van der Waals surface area contributed by atoms with Gasteiger partial charge < -0.3 is 34.3 Å². The second-order valence-corrected chi connectivity index (χ2v) is 18.3. The largest absolute Gasteiger partial charge is 0.490 e. The predicted molar refractivity (Wildman–Crippen MR) is 218 cm³/mol. The summed E-state index contributed by atoms with van der Waals surface area (Å²) in [5, 5.41) is 25.7. The highest BCUT2D eigenvalue weighted by Gasteiger charge is 2.48. The highest BCUT2D eigenvalue weighted by atomic mass is 35.5. The molecular weight excluding hydrogens is 915 g/mol. The number of para-hydroxylation sites is 1. The van der Waals surface area contributed by atoms with Crippen LogP contribution in [0.2, 0.25) is 10.0 Å². The average molecular weight is 964 g/mol. The number of nitrogens with one attached hydrogen (secondary N) is 1. The minimum absolute atomic E-state index is 0.0141. The fourth-order valence-corrected chi connectivity index (χ4v) is 9.18. The number of hydrogen-bond donors (Lipinski definition) is 4.